The predicted octanol–water partition coefficient (Wildman–Crippen LogP) is 3.34. The molecule has 0 spiro atoms. The number of aromatic nitrogens is 1. The summed E-state index contributed by atoms with van der Waals surface area (Å²) in [6.45, 7) is 3.96. The summed E-state index contributed by atoms with van der Waals surface area (Å²) in [6.07, 6.45) is 0.631. The number of hydrogen-bond donors (Lipinski definition) is 1. The lowest BCUT2D eigenvalue weighted by Crippen LogP contribution is -2.20. The molecule has 1 aromatic heterocycles. The van der Waals surface area contributed by atoms with Crippen molar-refractivity contribution in [2.75, 3.05) is 7.05 Å². The van der Waals surface area contributed by atoms with Crippen LogP contribution in [0.5, 0.6) is 0 Å². The van der Waals surface area contributed by atoms with Crippen LogP contribution in [0.25, 0.3) is 0 Å². The predicted molar refractivity (Wildman–Crippen MR) is 75.6 cm³/mol. The minimum absolute atomic E-state index is 0.0947. The summed E-state index contributed by atoms with van der Waals surface area (Å²) in [4.78, 5) is 4.37. The molecule has 19 heavy (non-hydrogen) atoms. The zero-order valence-corrected chi connectivity index (χ0v) is 11.6. The fourth-order valence-electron chi connectivity index (χ4n) is 2.34. The van der Waals surface area contributed by atoms with Gasteiger partial charge in [-0.25, -0.2) is 4.39 Å². The van der Waals surface area contributed by atoms with Gasteiger partial charge in [0.15, 0.2) is 0 Å². The van der Waals surface area contributed by atoms with E-state index in [9.17, 15) is 4.39 Å². The third-order valence-corrected chi connectivity index (χ3v) is 3.24. The molecule has 1 heterocycles. The second kappa shape index (κ2) is 5.93. The van der Waals surface area contributed by atoms with Crippen LogP contribution in [0, 0.1) is 19.7 Å². The van der Waals surface area contributed by atoms with E-state index in [1.54, 1.807) is 6.07 Å². The molecule has 2 nitrogen and oxygen atoms in total. The molecule has 0 fully saturated rings. The molecule has 2 aromatic rings. The molecule has 1 atom stereocenters. The Bertz CT molecular complexity index is 546. The molecule has 0 aliphatic heterocycles. The van der Waals surface area contributed by atoms with Crippen molar-refractivity contribution in [3.05, 3.63) is 64.7 Å². The number of nitrogens with zero attached hydrogens (tertiary/aromatic N) is 1. The standard InChI is InChI=1S/C16H19FN2/c1-11-8-14(9-12(2)19-11)16(18-3)10-13-6-4-5-7-15(13)17/h4-9,16,18H,10H2,1-3H3. The molecule has 0 aliphatic rings. The average Bonchev–Trinajstić information content (AvgIpc) is 2.36. The lowest BCUT2D eigenvalue weighted by atomic mass is 9.98. The Balaban J connectivity index is 2.28. The monoisotopic (exact) mass is 258 g/mol. The Hall–Kier alpha value is -1.74. The van der Waals surface area contributed by atoms with Gasteiger partial charge < -0.3 is 5.32 Å². The molecule has 0 saturated heterocycles. The normalized spacial score (nSPS) is 12.4. The van der Waals surface area contributed by atoms with Crippen molar-refractivity contribution in [2.45, 2.75) is 26.3 Å². The van der Waals surface area contributed by atoms with Gasteiger partial charge in [0.2, 0.25) is 0 Å². The SMILES string of the molecule is CNC(Cc1ccccc1F)c1cc(C)nc(C)c1. The Morgan fingerprint density at radius 3 is 2.37 bits per heavy atom. The van der Waals surface area contributed by atoms with Crippen molar-refractivity contribution in [2.24, 2.45) is 0 Å². The number of benzene rings is 1. The van der Waals surface area contributed by atoms with E-state index >= 15 is 0 Å². The summed E-state index contributed by atoms with van der Waals surface area (Å²) in [6, 6.07) is 11.1. The number of likely N-dealkylation sites (N-methyl/N-ethyl adjacent to an activating group) is 1. The summed E-state index contributed by atoms with van der Waals surface area (Å²) < 4.78 is 13.7. The van der Waals surface area contributed by atoms with E-state index in [1.165, 1.54) is 6.07 Å². The number of nitrogens with one attached hydrogen (secondary N) is 1. The molecular formula is C16H19FN2. The van der Waals surface area contributed by atoms with Crippen molar-refractivity contribution < 1.29 is 4.39 Å². The van der Waals surface area contributed by atoms with Crippen LogP contribution < -0.4 is 5.32 Å². The third-order valence-electron chi connectivity index (χ3n) is 3.24. The van der Waals surface area contributed by atoms with Gasteiger partial charge in [0.25, 0.3) is 0 Å². The maximum Gasteiger partial charge on any atom is 0.126 e. The Morgan fingerprint density at radius 2 is 1.79 bits per heavy atom. The number of halogens is 1. The lowest BCUT2D eigenvalue weighted by Gasteiger charge is -2.18. The largest absolute Gasteiger partial charge is 0.313 e. The van der Waals surface area contributed by atoms with Crippen LogP contribution in [-0.2, 0) is 6.42 Å². The van der Waals surface area contributed by atoms with E-state index in [0.717, 1.165) is 22.5 Å². The maximum absolute atomic E-state index is 13.7. The molecule has 1 aromatic carbocycles. The second-order valence-electron chi connectivity index (χ2n) is 4.82. The number of pyridine rings is 1. The molecule has 0 amide bonds. The fraction of sp³-hybridized carbons (Fsp3) is 0.312. The molecule has 1 unspecified atom stereocenters. The summed E-state index contributed by atoms with van der Waals surface area (Å²) in [5.41, 5.74) is 3.86. The molecule has 100 valence electrons. The first-order valence-electron chi connectivity index (χ1n) is 6.46. The highest BCUT2D eigenvalue weighted by atomic mass is 19.1. The van der Waals surface area contributed by atoms with Crippen molar-refractivity contribution in [1.82, 2.24) is 10.3 Å². The van der Waals surface area contributed by atoms with Gasteiger partial charge in [-0.15, -0.1) is 0 Å². The zero-order chi connectivity index (χ0) is 13.8. The van der Waals surface area contributed by atoms with Crippen molar-refractivity contribution in [3.8, 4) is 0 Å². The average molecular weight is 258 g/mol. The number of aryl methyl sites for hydroxylation is 2. The van der Waals surface area contributed by atoms with Crippen molar-refractivity contribution in [1.29, 1.82) is 0 Å². The number of rotatable bonds is 4. The van der Waals surface area contributed by atoms with Gasteiger partial charge in [0.1, 0.15) is 5.82 Å². The van der Waals surface area contributed by atoms with E-state index in [1.807, 2.05) is 33.0 Å². The van der Waals surface area contributed by atoms with E-state index in [-0.39, 0.29) is 11.9 Å². The molecule has 3 heteroatoms. The zero-order valence-electron chi connectivity index (χ0n) is 11.6. The molecule has 0 saturated carbocycles. The molecular weight excluding hydrogens is 239 g/mol. The first-order valence-corrected chi connectivity index (χ1v) is 6.46. The smallest absolute Gasteiger partial charge is 0.126 e. The van der Waals surface area contributed by atoms with Crippen LogP contribution in [0.1, 0.15) is 28.6 Å². The Morgan fingerprint density at radius 1 is 1.16 bits per heavy atom. The van der Waals surface area contributed by atoms with Crippen LogP contribution in [0.4, 0.5) is 4.39 Å². The van der Waals surface area contributed by atoms with Gasteiger partial charge in [-0.3, -0.25) is 4.98 Å². The summed E-state index contributed by atoms with van der Waals surface area (Å²) in [5, 5.41) is 3.25. The van der Waals surface area contributed by atoms with E-state index < -0.39 is 0 Å². The van der Waals surface area contributed by atoms with Gasteiger partial charge in [-0.2, -0.15) is 0 Å². The summed E-state index contributed by atoms with van der Waals surface area (Å²) >= 11 is 0. The fourth-order valence-corrected chi connectivity index (χ4v) is 2.34. The summed E-state index contributed by atoms with van der Waals surface area (Å²) in [5.74, 6) is -0.148. The third kappa shape index (κ3) is 3.38. The lowest BCUT2D eigenvalue weighted by molar-refractivity contribution is 0.553. The van der Waals surface area contributed by atoms with Crippen LogP contribution in [0.15, 0.2) is 36.4 Å². The van der Waals surface area contributed by atoms with Crippen LogP contribution in [0.2, 0.25) is 0 Å². The first kappa shape index (κ1) is 13.7. The van der Waals surface area contributed by atoms with E-state index in [2.05, 4.69) is 22.4 Å². The van der Waals surface area contributed by atoms with Crippen LogP contribution in [0.3, 0.4) is 0 Å². The molecule has 2 rings (SSSR count). The van der Waals surface area contributed by atoms with Crippen molar-refractivity contribution in [3.63, 3.8) is 0 Å². The highest BCUT2D eigenvalue weighted by Gasteiger charge is 2.13. The van der Waals surface area contributed by atoms with E-state index in [4.69, 9.17) is 0 Å². The topological polar surface area (TPSA) is 24.9 Å². The Kier molecular flexibility index (Phi) is 4.27. The number of hydrogen-bond acceptors (Lipinski definition) is 2. The van der Waals surface area contributed by atoms with Crippen LogP contribution >= 0.6 is 0 Å². The maximum atomic E-state index is 13.7. The first-order chi connectivity index (χ1) is 9.10. The molecule has 1 N–H and O–H groups in total. The van der Waals surface area contributed by atoms with Crippen molar-refractivity contribution >= 4 is 0 Å². The van der Waals surface area contributed by atoms with Crippen LogP contribution in [-0.4, -0.2) is 12.0 Å². The van der Waals surface area contributed by atoms with Gasteiger partial charge in [-0.05, 0) is 56.6 Å². The molecule has 0 bridgehead atoms. The highest BCUT2D eigenvalue weighted by Crippen LogP contribution is 2.21. The minimum atomic E-state index is -0.148. The van der Waals surface area contributed by atoms with Gasteiger partial charge in [0.05, 0.1) is 0 Å². The van der Waals surface area contributed by atoms with Gasteiger partial charge in [0, 0.05) is 17.4 Å². The molecule has 0 radical (unpaired) electrons. The van der Waals surface area contributed by atoms with Gasteiger partial charge in [-0.1, -0.05) is 18.2 Å². The molecule has 0 aliphatic carbocycles. The Labute approximate surface area is 113 Å². The highest BCUT2D eigenvalue weighted by molar-refractivity contribution is 5.27. The second-order valence-corrected chi connectivity index (χ2v) is 4.82. The quantitative estimate of drug-likeness (QED) is 0.909. The minimum Gasteiger partial charge on any atom is -0.313 e. The van der Waals surface area contributed by atoms with E-state index in [0.29, 0.717) is 6.42 Å². The summed E-state index contributed by atoms with van der Waals surface area (Å²) in [7, 11) is 1.90. The van der Waals surface area contributed by atoms with Gasteiger partial charge >= 0.3 is 0 Å².